The van der Waals surface area contributed by atoms with E-state index in [1.807, 2.05) is 12.1 Å². The van der Waals surface area contributed by atoms with E-state index in [2.05, 4.69) is 5.43 Å². The maximum Gasteiger partial charge on any atom is 0.161 e. The van der Waals surface area contributed by atoms with Gasteiger partial charge in [-0.3, -0.25) is 5.84 Å². The number of halogens is 2. The number of hydrogen-bond donors (Lipinski definition) is 2. The molecule has 6 heteroatoms. The summed E-state index contributed by atoms with van der Waals surface area (Å²) in [6, 6.07) is 10.4. The van der Waals surface area contributed by atoms with Crippen LogP contribution in [0.5, 0.6) is 11.5 Å². The molecule has 0 fully saturated rings. The fraction of sp³-hybridized carbons (Fsp3) is 0.200. The lowest BCUT2D eigenvalue weighted by Crippen LogP contribution is -2.44. The Morgan fingerprint density at radius 2 is 1.86 bits per heavy atom. The summed E-state index contributed by atoms with van der Waals surface area (Å²) < 4.78 is 37.8. The van der Waals surface area contributed by atoms with Crippen molar-refractivity contribution in [3.8, 4) is 11.5 Å². The van der Waals surface area contributed by atoms with Crippen LogP contribution in [-0.2, 0) is 0 Å². The minimum absolute atomic E-state index is 0.255. The van der Waals surface area contributed by atoms with Gasteiger partial charge in [-0.15, -0.1) is 0 Å². The molecular weight excluding hydrogens is 278 g/mol. The molecule has 110 valence electrons. The first-order chi connectivity index (χ1) is 10.2. The number of hydrazine groups is 1. The van der Waals surface area contributed by atoms with Gasteiger partial charge in [0.05, 0.1) is 6.04 Å². The number of nitrogens with two attached hydrogens (primary N) is 1. The molecule has 3 N–H and O–H groups in total. The number of rotatable bonds is 3. The Kier molecular flexibility index (Phi) is 3.72. The Morgan fingerprint density at radius 1 is 1.10 bits per heavy atom. The van der Waals surface area contributed by atoms with Gasteiger partial charge >= 0.3 is 0 Å². The number of para-hydroxylation sites is 2. The fourth-order valence-electron chi connectivity index (χ4n) is 2.32. The van der Waals surface area contributed by atoms with Crippen LogP contribution in [0.3, 0.4) is 0 Å². The highest BCUT2D eigenvalue weighted by molar-refractivity contribution is 5.41. The Bertz CT molecular complexity index is 651. The van der Waals surface area contributed by atoms with Crippen molar-refractivity contribution in [3.05, 3.63) is 59.7 Å². The smallest absolute Gasteiger partial charge is 0.161 e. The van der Waals surface area contributed by atoms with Gasteiger partial charge in [0.2, 0.25) is 0 Å². The number of fused-ring (bicyclic) bond motifs is 1. The van der Waals surface area contributed by atoms with Crippen molar-refractivity contribution in [2.24, 2.45) is 5.84 Å². The van der Waals surface area contributed by atoms with Crippen LogP contribution in [0.2, 0.25) is 0 Å². The number of ether oxygens (including phenoxy) is 2. The van der Waals surface area contributed by atoms with Crippen molar-refractivity contribution in [1.82, 2.24) is 5.43 Å². The summed E-state index contributed by atoms with van der Waals surface area (Å²) in [5.74, 6) is 4.96. The molecule has 3 rings (SSSR count). The van der Waals surface area contributed by atoms with Gasteiger partial charge in [-0.25, -0.2) is 14.2 Å². The summed E-state index contributed by atoms with van der Waals surface area (Å²) in [4.78, 5) is 0. The summed E-state index contributed by atoms with van der Waals surface area (Å²) in [7, 11) is 0. The third kappa shape index (κ3) is 2.68. The van der Waals surface area contributed by atoms with Gasteiger partial charge < -0.3 is 9.47 Å². The largest absolute Gasteiger partial charge is 0.486 e. The predicted molar refractivity (Wildman–Crippen MR) is 72.8 cm³/mol. The van der Waals surface area contributed by atoms with Gasteiger partial charge in [-0.1, -0.05) is 18.2 Å². The average molecular weight is 292 g/mol. The van der Waals surface area contributed by atoms with Crippen molar-refractivity contribution >= 4 is 0 Å². The molecule has 0 amide bonds. The van der Waals surface area contributed by atoms with Gasteiger partial charge in [-0.05, 0) is 29.8 Å². The van der Waals surface area contributed by atoms with E-state index < -0.39 is 23.8 Å². The molecule has 2 aromatic rings. The van der Waals surface area contributed by atoms with Crippen molar-refractivity contribution in [2.45, 2.75) is 12.1 Å². The molecule has 0 aromatic heterocycles. The SMILES string of the molecule is NNC(c1ccc(F)c(F)c1)C1COc2ccccc2O1. The van der Waals surface area contributed by atoms with Crippen LogP contribution in [0.25, 0.3) is 0 Å². The number of benzene rings is 2. The maximum atomic E-state index is 13.4. The third-order valence-electron chi connectivity index (χ3n) is 3.38. The highest BCUT2D eigenvalue weighted by Crippen LogP contribution is 2.34. The fourth-order valence-corrected chi connectivity index (χ4v) is 2.32. The zero-order valence-corrected chi connectivity index (χ0v) is 11.1. The quantitative estimate of drug-likeness (QED) is 0.673. The molecule has 2 aromatic carbocycles. The molecular formula is C15H14F2N2O2. The molecule has 4 nitrogen and oxygen atoms in total. The lowest BCUT2D eigenvalue weighted by molar-refractivity contribution is 0.0616. The topological polar surface area (TPSA) is 56.5 Å². The van der Waals surface area contributed by atoms with E-state index in [-0.39, 0.29) is 6.61 Å². The molecule has 0 bridgehead atoms. The average Bonchev–Trinajstić information content (AvgIpc) is 2.51. The van der Waals surface area contributed by atoms with Crippen LogP contribution in [0.4, 0.5) is 8.78 Å². The van der Waals surface area contributed by atoms with E-state index in [1.165, 1.54) is 6.07 Å². The highest BCUT2D eigenvalue weighted by Gasteiger charge is 2.29. The normalized spacial score (nSPS) is 18.3. The van der Waals surface area contributed by atoms with E-state index in [4.69, 9.17) is 15.3 Å². The molecule has 0 spiro atoms. The highest BCUT2D eigenvalue weighted by atomic mass is 19.2. The summed E-state index contributed by atoms with van der Waals surface area (Å²) in [6.07, 6.45) is -0.449. The Balaban J connectivity index is 1.86. The lowest BCUT2D eigenvalue weighted by atomic mass is 10.0. The van der Waals surface area contributed by atoms with Gasteiger partial charge in [-0.2, -0.15) is 0 Å². The second-order valence-corrected chi connectivity index (χ2v) is 4.73. The van der Waals surface area contributed by atoms with E-state index >= 15 is 0 Å². The van der Waals surface area contributed by atoms with Crippen LogP contribution in [0.1, 0.15) is 11.6 Å². The van der Waals surface area contributed by atoms with Crippen LogP contribution in [0, 0.1) is 11.6 Å². The molecule has 0 saturated heterocycles. The van der Waals surface area contributed by atoms with Crippen LogP contribution in [0.15, 0.2) is 42.5 Å². The van der Waals surface area contributed by atoms with E-state index in [9.17, 15) is 8.78 Å². The molecule has 2 unspecified atom stereocenters. The van der Waals surface area contributed by atoms with E-state index in [1.54, 1.807) is 12.1 Å². The first kappa shape index (κ1) is 13.8. The summed E-state index contributed by atoms with van der Waals surface area (Å²) in [5.41, 5.74) is 3.06. The van der Waals surface area contributed by atoms with Crippen LogP contribution in [-0.4, -0.2) is 12.7 Å². The first-order valence-electron chi connectivity index (χ1n) is 6.48. The monoisotopic (exact) mass is 292 g/mol. The second-order valence-electron chi connectivity index (χ2n) is 4.73. The van der Waals surface area contributed by atoms with Crippen molar-refractivity contribution in [3.63, 3.8) is 0 Å². The van der Waals surface area contributed by atoms with Gasteiger partial charge in [0.15, 0.2) is 29.2 Å². The lowest BCUT2D eigenvalue weighted by Gasteiger charge is -2.32. The Labute approximate surface area is 120 Å². The molecule has 2 atom stereocenters. The van der Waals surface area contributed by atoms with Crippen LogP contribution < -0.4 is 20.7 Å². The minimum Gasteiger partial charge on any atom is -0.486 e. The van der Waals surface area contributed by atoms with Gasteiger partial charge in [0.25, 0.3) is 0 Å². The van der Waals surface area contributed by atoms with E-state index in [0.29, 0.717) is 17.1 Å². The molecule has 0 saturated carbocycles. The maximum absolute atomic E-state index is 13.4. The van der Waals surface area contributed by atoms with Crippen molar-refractivity contribution in [1.29, 1.82) is 0 Å². The molecule has 1 aliphatic rings. The second kappa shape index (κ2) is 5.67. The van der Waals surface area contributed by atoms with Crippen molar-refractivity contribution < 1.29 is 18.3 Å². The summed E-state index contributed by atoms with van der Waals surface area (Å²) >= 11 is 0. The zero-order valence-electron chi connectivity index (χ0n) is 11.1. The Morgan fingerprint density at radius 3 is 2.57 bits per heavy atom. The van der Waals surface area contributed by atoms with Crippen molar-refractivity contribution in [2.75, 3.05) is 6.61 Å². The zero-order chi connectivity index (χ0) is 14.8. The molecule has 1 heterocycles. The predicted octanol–water partition coefficient (Wildman–Crippen LogP) is 2.31. The summed E-state index contributed by atoms with van der Waals surface area (Å²) in [5, 5.41) is 0. The van der Waals surface area contributed by atoms with Gasteiger partial charge in [0.1, 0.15) is 6.61 Å². The molecule has 21 heavy (non-hydrogen) atoms. The summed E-state index contributed by atoms with van der Waals surface area (Å²) in [6.45, 7) is 0.255. The molecule has 1 aliphatic heterocycles. The van der Waals surface area contributed by atoms with Crippen LogP contribution >= 0.6 is 0 Å². The Hall–Kier alpha value is -2.18. The first-order valence-corrected chi connectivity index (χ1v) is 6.48. The third-order valence-corrected chi connectivity index (χ3v) is 3.38. The van der Waals surface area contributed by atoms with E-state index in [0.717, 1.165) is 12.1 Å². The standard InChI is InChI=1S/C15H14F2N2O2/c16-10-6-5-9(7-11(10)17)15(19-18)14-8-20-12-3-1-2-4-13(12)21-14/h1-7,14-15,19H,8,18H2. The number of nitrogens with one attached hydrogen (secondary N) is 1. The number of hydrogen-bond acceptors (Lipinski definition) is 4. The molecule has 0 aliphatic carbocycles. The van der Waals surface area contributed by atoms with Gasteiger partial charge in [0, 0.05) is 0 Å². The minimum atomic E-state index is -0.926. The molecule has 0 radical (unpaired) electrons.